The summed E-state index contributed by atoms with van der Waals surface area (Å²) in [4.78, 5) is 0. The van der Waals surface area contributed by atoms with Crippen LogP contribution >= 0.6 is 0 Å². The zero-order chi connectivity index (χ0) is 10.3. The SMILES string of the molecule is C=C[C@@H](O)/C=C(\C)CCC=C(C)C. The maximum absolute atomic E-state index is 9.23. The van der Waals surface area contributed by atoms with E-state index in [1.54, 1.807) is 0 Å². The summed E-state index contributed by atoms with van der Waals surface area (Å²) in [6.45, 7) is 9.74. The molecule has 0 aromatic carbocycles. The second kappa shape index (κ2) is 6.67. The summed E-state index contributed by atoms with van der Waals surface area (Å²) in [6, 6.07) is 0. The van der Waals surface area contributed by atoms with Gasteiger partial charge in [-0.2, -0.15) is 0 Å². The Kier molecular flexibility index (Phi) is 6.25. The lowest BCUT2D eigenvalue weighted by molar-refractivity contribution is 0.271. The van der Waals surface area contributed by atoms with E-state index in [2.05, 4.69) is 26.5 Å². The molecule has 0 bridgehead atoms. The fourth-order valence-corrected chi connectivity index (χ4v) is 1.03. The maximum Gasteiger partial charge on any atom is 0.0902 e. The van der Waals surface area contributed by atoms with Crippen LogP contribution in [0.5, 0.6) is 0 Å². The first-order valence-electron chi connectivity index (χ1n) is 4.67. The van der Waals surface area contributed by atoms with Crippen LogP contribution in [-0.4, -0.2) is 11.2 Å². The molecule has 1 N–H and O–H groups in total. The van der Waals surface area contributed by atoms with Gasteiger partial charge in [-0.05, 0) is 33.6 Å². The van der Waals surface area contributed by atoms with Crippen LogP contribution in [0.2, 0.25) is 0 Å². The largest absolute Gasteiger partial charge is 0.385 e. The van der Waals surface area contributed by atoms with Gasteiger partial charge < -0.3 is 5.11 Å². The number of aliphatic hydroxyl groups is 1. The van der Waals surface area contributed by atoms with Crippen molar-refractivity contribution < 1.29 is 5.11 Å². The lowest BCUT2D eigenvalue weighted by Crippen LogP contribution is -1.96. The molecule has 0 saturated heterocycles. The number of aliphatic hydroxyl groups excluding tert-OH is 1. The van der Waals surface area contributed by atoms with Crippen LogP contribution in [0.1, 0.15) is 33.6 Å². The van der Waals surface area contributed by atoms with Crippen molar-refractivity contribution in [1.29, 1.82) is 0 Å². The molecule has 0 rings (SSSR count). The Labute approximate surface area is 81.5 Å². The smallest absolute Gasteiger partial charge is 0.0902 e. The molecule has 0 aliphatic rings. The average Bonchev–Trinajstić information content (AvgIpc) is 2.03. The maximum atomic E-state index is 9.23. The lowest BCUT2D eigenvalue weighted by Gasteiger charge is -2.01. The van der Waals surface area contributed by atoms with Crippen LogP contribution in [0.3, 0.4) is 0 Å². The van der Waals surface area contributed by atoms with Crippen LogP contribution < -0.4 is 0 Å². The van der Waals surface area contributed by atoms with Crippen molar-refractivity contribution in [3.8, 4) is 0 Å². The zero-order valence-corrected chi connectivity index (χ0v) is 8.88. The second-order valence-electron chi connectivity index (χ2n) is 3.56. The number of allylic oxidation sites excluding steroid dienone is 3. The summed E-state index contributed by atoms with van der Waals surface area (Å²) < 4.78 is 0. The third-order valence-electron chi connectivity index (χ3n) is 1.79. The highest BCUT2D eigenvalue weighted by molar-refractivity contribution is 5.08. The van der Waals surface area contributed by atoms with Crippen molar-refractivity contribution in [2.24, 2.45) is 0 Å². The van der Waals surface area contributed by atoms with Crippen molar-refractivity contribution in [3.63, 3.8) is 0 Å². The zero-order valence-electron chi connectivity index (χ0n) is 8.88. The van der Waals surface area contributed by atoms with E-state index in [0.717, 1.165) is 12.8 Å². The van der Waals surface area contributed by atoms with E-state index in [-0.39, 0.29) is 0 Å². The average molecular weight is 180 g/mol. The Morgan fingerprint density at radius 3 is 2.46 bits per heavy atom. The van der Waals surface area contributed by atoms with E-state index in [1.165, 1.54) is 17.2 Å². The van der Waals surface area contributed by atoms with E-state index in [0.29, 0.717) is 0 Å². The van der Waals surface area contributed by atoms with Crippen molar-refractivity contribution >= 4 is 0 Å². The van der Waals surface area contributed by atoms with Crippen LogP contribution in [0.25, 0.3) is 0 Å². The summed E-state index contributed by atoms with van der Waals surface area (Å²) in [5.41, 5.74) is 2.56. The molecule has 1 heteroatoms. The third-order valence-corrected chi connectivity index (χ3v) is 1.79. The summed E-state index contributed by atoms with van der Waals surface area (Å²) in [7, 11) is 0. The number of hydrogen-bond acceptors (Lipinski definition) is 1. The molecular formula is C12H20O. The first-order chi connectivity index (χ1) is 6.06. The Morgan fingerprint density at radius 1 is 1.38 bits per heavy atom. The lowest BCUT2D eigenvalue weighted by atomic mass is 10.1. The summed E-state index contributed by atoms with van der Waals surface area (Å²) in [5.74, 6) is 0. The van der Waals surface area contributed by atoms with Gasteiger partial charge in [-0.1, -0.05) is 29.4 Å². The quantitative estimate of drug-likeness (QED) is 0.644. The Morgan fingerprint density at radius 2 is 2.00 bits per heavy atom. The molecule has 0 saturated carbocycles. The molecule has 0 aliphatic carbocycles. The third kappa shape index (κ3) is 7.54. The van der Waals surface area contributed by atoms with Gasteiger partial charge in [-0.25, -0.2) is 0 Å². The van der Waals surface area contributed by atoms with Gasteiger partial charge in [-0.15, -0.1) is 6.58 Å². The first-order valence-corrected chi connectivity index (χ1v) is 4.67. The summed E-state index contributed by atoms with van der Waals surface area (Å²) in [5, 5.41) is 9.23. The van der Waals surface area contributed by atoms with E-state index >= 15 is 0 Å². The number of hydrogen-bond donors (Lipinski definition) is 1. The van der Waals surface area contributed by atoms with Gasteiger partial charge in [0.1, 0.15) is 0 Å². The molecule has 74 valence electrons. The molecule has 0 spiro atoms. The van der Waals surface area contributed by atoms with E-state index in [4.69, 9.17) is 0 Å². The van der Waals surface area contributed by atoms with E-state index in [9.17, 15) is 5.11 Å². The van der Waals surface area contributed by atoms with Gasteiger partial charge >= 0.3 is 0 Å². The van der Waals surface area contributed by atoms with Gasteiger partial charge in [0.15, 0.2) is 0 Å². The summed E-state index contributed by atoms with van der Waals surface area (Å²) >= 11 is 0. The van der Waals surface area contributed by atoms with Gasteiger partial charge in [0.05, 0.1) is 6.10 Å². The fraction of sp³-hybridized carbons (Fsp3) is 0.500. The topological polar surface area (TPSA) is 20.2 Å². The molecule has 0 aromatic rings. The molecule has 13 heavy (non-hydrogen) atoms. The molecule has 0 heterocycles. The Balaban J connectivity index is 3.86. The van der Waals surface area contributed by atoms with Crippen molar-refractivity contribution in [2.75, 3.05) is 0 Å². The summed E-state index contributed by atoms with van der Waals surface area (Å²) in [6.07, 6.45) is 7.14. The Hall–Kier alpha value is -0.820. The molecule has 0 fully saturated rings. The van der Waals surface area contributed by atoms with Crippen molar-refractivity contribution in [3.05, 3.63) is 36.0 Å². The van der Waals surface area contributed by atoms with E-state index in [1.807, 2.05) is 13.0 Å². The molecule has 0 aromatic heterocycles. The fourth-order valence-electron chi connectivity index (χ4n) is 1.03. The standard InChI is InChI=1S/C12H20O/c1-5-12(13)9-11(4)8-6-7-10(2)3/h5,7,9,12-13H,1,6,8H2,2-4H3/b11-9+/t12-/m1/s1. The van der Waals surface area contributed by atoms with Crippen LogP contribution in [0.4, 0.5) is 0 Å². The molecule has 0 radical (unpaired) electrons. The highest BCUT2D eigenvalue weighted by Gasteiger charge is 1.93. The van der Waals surface area contributed by atoms with E-state index < -0.39 is 6.10 Å². The highest BCUT2D eigenvalue weighted by Crippen LogP contribution is 2.07. The van der Waals surface area contributed by atoms with Gasteiger partial charge in [-0.3, -0.25) is 0 Å². The number of rotatable bonds is 5. The van der Waals surface area contributed by atoms with Gasteiger partial charge in [0, 0.05) is 0 Å². The highest BCUT2D eigenvalue weighted by atomic mass is 16.3. The Bertz CT molecular complexity index is 207. The molecule has 0 unspecified atom stereocenters. The normalized spacial score (nSPS) is 13.7. The molecule has 1 atom stereocenters. The van der Waals surface area contributed by atoms with Gasteiger partial charge in [0.25, 0.3) is 0 Å². The van der Waals surface area contributed by atoms with Crippen LogP contribution in [0, 0.1) is 0 Å². The molecule has 1 nitrogen and oxygen atoms in total. The molecule has 0 amide bonds. The predicted molar refractivity (Wildman–Crippen MR) is 58.6 cm³/mol. The van der Waals surface area contributed by atoms with Crippen LogP contribution in [-0.2, 0) is 0 Å². The molecular weight excluding hydrogens is 160 g/mol. The first kappa shape index (κ1) is 12.2. The molecule has 0 aliphatic heterocycles. The monoisotopic (exact) mass is 180 g/mol. The minimum atomic E-state index is -0.494. The second-order valence-corrected chi connectivity index (χ2v) is 3.56. The minimum absolute atomic E-state index is 0.494. The van der Waals surface area contributed by atoms with Crippen molar-refractivity contribution in [2.45, 2.75) is 39.7 Å². The minimum Gasteiger partial charge on any atom is -0.385 e. The van der Waals surface area contributed by atoms with Gasteiger partial charge in [0.2, 0.25) is 0 Å². The van der Waals surface area contributed by atoms with Crippen LogP contribution in [0.15, 0.2) is 36.0 Å². The van der Waals surface area contributed by atoms with Crippen molar-refractivity contribution in [1.82, 2.24) is 0 Å². The predicted octanol–water partition coefficient (Wildman–Crippen LogP) is 3.23.